The Morgan fingerprint density at radius 1 is 1.00 bits per heavy atom. The van der Waals surface area contributed by atoms with Crippen molar-refractivity contribution in [2.24, 2.45) is 0 Å². The molecule has 0 saturated carbocycles. The maximum absolute atomic E-state index is 12.2. The number of benzene rings is 1. The third-order valence-electron chi connectivity index (χ3n) is 3.93. The number of amides is 2. The summed E-state index contributed by atoms with van der Waals surface area (Å²) >= 11 is 0. The van der Waals surface area contributed by atoms with Crippen LogP contribution >= 0.6 is 0 Å². The molecule has 1 aliphatic rings. The van der Waals surface area contributed by atoms with Gasteiger partial charge in [0.25, 0.3) is 5.91 Å². The SMILES string of the molecule is COCC(=O)N1CCN(C(=O)COc2ccc(C)cc2C)CC1. The van der Waals surface area contributed by atoms with Crippen LogP contribution in [0.3, 0.4) is 0 Å². The van der Waals surface area contributed by atoms with Gasteiger partial charge in [0.05, 0.1) is 0 Å². The molecule has 0 N–H and O–H groups in total. The number of aryl methyl sites for hydroxylation is 2. The Morgan fingerprint density at radius 3 is 2.09 bits per heavy atom. The number of carbonyl (C=O) groups excluding carboxylic acids is 2. The molecule has 1 saturated heterocycles. The molecule has 0 radical (unpaired) electrons. The Hall–Kier alpha value is -2.08. The van der Waals surface area contributed by atoms with Crippen molar-refractivity contribution in [3.8, 4) is 5.75 Å². The van der Waals surface area contributed by atoms with Crippen LogP contribution in [-0.4, -0.2) is 68.1 Å². The normalized spacial score (nSPS) is 14.7. The van der Waals surface area contributed by atoms with Crippen LogP contribution in [0, 0.1) is 13.8 Å². The monoisotopic (exact) mass is 320 g/mol. The molecule has 1 aromatic rings. The lowest BCUT2D eigenvalue weighted by atomic mass is 10.1. The van der Waals surface area contributed by atoms with E-state index in [0.29, 0.717) is 26.2 Å². The first-order valence-electron chi connectivity index (χ1n) is 7.76. The topological polar surface area (TPSA) is 59.1 Å². The Bertz CT molecular complexity index is 566. The second-order valence-electron chi connectivity index (χ2n) is 5.75. The maximum Gasteiger partial charge on any atom is 0.260 e. The van der Waals surface area contributed by atoms with Gasteiger partial charge in [0.15, 0.2) is 6.61 Å². The van der Waals surface area contributed by atoms with Crippen LogP contribution in [0.15, 0.2) is 18.2 Å². The molecule has 6 nitrogen and oxygen atoms in total. The van der Waals surface area contributed by atoms with Crippen molar-refractivity contribution in [2.75, 3.05) is 46.5 Å². The standard InChI is InChI=1S/C17H24N2O4/c1-13-4-5-15(14(2)10-13)23-12-17(21)19-8-6-18(7-9-19)16(20)11-22-3/h4-5,10H,6-9,11-12H2,1-3H3. The third-order valence-corrected chi connectivity index (χ3v) is 3.93. The van der Waals surface area contributed by atoms with E-state index >= 15 is 0 Å². The van der Waals surface area contributed by atoms with Gasteiger partial charge in [0.2, 0.25) is 5.91 Å². The first kappa shape index (κ1) is 17.3. The fourth-order valence-electron chi connectivity index (χ4n) is 2.61. The molecule has 2 amide bonds. The van der Waals surface area contributed by atoms with E-state index in [2.05, 4.69) is 0 Å². The van der Waals surface area contributed by atoms with Crippen LogP contribution < -0.4 is 4.74 Å². The van der Waals surface area contributed by atoms with Gasteiger partial charge in [-0.3, -0.25) is 9.59 Å². The molecule has 0 spiro atoms. The molecule has 0 bridgehead atoms. The van der Waals surface area contributed by atoms with Crippen LogP contribution in [0.25, 0.3) is 0 Å². The molecule has 0 atom stereocenters. The Morgan fingerprint density at radius 2 is 1.57 bits per heavy atom. The minimum absolute atomic E-state index is 0.0237. The van der Waals surface area contributed by atoms with Crippen LogP contribution in [0.2, 0.25) is 0 Å². The second kappa shape index (κ2) is 7.97. The molecular formula is C17H24N2O4. The Labute approximate surface area is 137 Å². The smallest absolute Gasteiger partial charge is 0.260 e. The molecule has 1 heterocycles. The molecule has 6 heteroatoms. The average molecular weight is 320 g/mol. The van der Waals surface area contributed by atoms with Gasteiger partial charge in [-0.25, -0.2) is 0 Å². The molecule has 23 heavy (non-hydrogen) atoms. The van der Waals surface area contributed by atoms with Gasteiger partial charge in [0, 0.05) is 33.3 Å². The average Bonchev–Trinajstić information content (AvgIpc) is 2.54. The van der Waals surface area contributed by atoms with Gasteiger partial charge in [-0.2, -0.15) is 0 Å². The van der Waals surface area contributed by atoms with Gasteiger partial charge >= 0.3 is 0 Å². The lowest BCUT2D eigenvalue weighted by Crippen LogP contribution is -2.52. The third kappa shape index (κ3) is 4.69. The highest BCUT2D eigenvalue weighted by Crippen LogP contribution is 2.18. The van der Waals surface area contributed by atoms with E-state index in [9.17, 15) is 9.59 Å². The summed E-state index contributed by atoms with van der Waals surface area (Å²) in [6.07, 6.45) is 0. The summed E-state index contributed by atoms with van der Waals surface area (Å²) in [5.74, 6) is 0.646. The molecule has 126 valence electrons. The first-order chi connectivity index (χ1) is 11.0. The highest BCUT2D eigenvalue weighted by Gasteiger charge is 2.24. The summed E-state index contributed by atoms with van der Waals surface area (Å²) in [5.41, 5.74) is 2.19. The largest absolute Gasteiger partial charge is 0.484 e. The predicted molar refractivity (Wildman–Crippen MR) is 86.4 cm³/mol. The first-order valence-corrected chi connectivity index (χ1v) is 7.76. The Balaban J connectivity index is 1.80. The van der Waals surface area contributed by atoms with Crippen molar-refractivity contribution in [1.82, 2.24) is 9.80 Å². The minimum atomic E-state index is -0.0520. The van der Waals surface area contributed by atoms with Crippen molar-refractivity contribution in [3.63, 3.8) is 0 Å². The summed E-state index contributed by atoms with van der Waals surface area (Å²) in [4.78, 5) is 27.4. The summed E-state index contributed by atoms with van der Waals surface area (Å²) in [5, 5.41) is 0. The van der Waals surface area contributed by atoms with E-state index in [1.54, 1.807) is 9.80 Å². The van der Waals surface area contributed by atoms with E-state index in [1.807, 2.05) is 32.0 Å². The molecule has 0 unspecified atom stereocenters. The lowest BCUT2D eigenvalue weighted by Gasteiger charge is -2.34. The fraction of sp³-hybridized carbons (Fsp3) is 0.529. The molecule has 1 aromatic carbocycles. The number of carbonyl (C=O) groups is 2. The quantitative estimate of drug-likeness (QED) is 0.812. The van der Waals surface area contributed by atoms with Gasteiger partial charge in [-0.05, 0) is 25.5 Å². The van der Waals surface area contributed by atoms with Crippen molar-refractivity contribution >= 4 is 11.8 Å². The number of piperazine rings is 1. The summed E-state index contributed by atoms with van der Waals surface area (Å²) < 4.78 is 10.5. The summed E-state index contributed by atoms with van der Waals surface area (Å²) in [6, 6.07) is 5.88. The number of ether oxygens (including phenoxy) is 2. The van der Waals surface area contributed by atoms with Crippen LogP contribution in [0.1, 0.15) is 11.1 Å². The lowest BCUT2D eigenvalue weighted by molar-refractivity contribution is -0.142. The van der Waals surface area contributed by atoms with Crippen molar-refractivity contribution in [2.45, 2.75) is 13.8 Å². The maximum atomic E-state index is 12.2. The number of nitrogens with zero attached hydrogens (tertiary/aromatic N) is 2. The molecule has 1 fully saturated rings. The number of hydrogen-bond acceptors (Lipinski definition) is 4. The number of rotatable bonds is 5. The van der Waals surface area contributed by atoms with E-state index in [1.165, 1.54) is 7.11 Å². The highest BCUT2D eigenvalue weighted by atomic mass is 16.5. The van der Waals surface area contributed by atoms with E-state index < -0.39 is 0 Å². The highest BCUT2D eigenvalue weighted by molar-refractivity contribution is 5.80. The van der Waals surface area contributed by atoms with E-state index in [0.717, 1.165) is 16.9 Å². The van der Waals surface area contributed by atoms with Gasteiger partial charge in [-0.1, -0.05) is 17.7 Å². The fourth-order valence-corrected chi connectivity index (χ4v) is 2.61. The van der Waals surface area contributed by atoms with Crippen LogP contribution in [0.5, 0.6) is 5.75 Å². The molecule has 0 aliphatic carbocycles. The van der Waals surface area contributed by atoms with E-state index in [4.69, 9.17) is 9.47 Å². The zero-order valence-corrected chi connectivity index (χ0v) is 14.0. The summed E-state index contributed by atoms with van der Waals surface area (Å²) in [7, 11) is 1.50. The molecule has 0 aromatic heterocycles. The predicted octanol–water partition coefficient (Wildman–Crippen LogP) is 0.999. The zero-order chi connectivity index (χ0) is 16.8. The van der Waals surface area contributed by atoms with E-state index in [-0.39, 0.29) is 25.0 Å². The van der Waals surface area contributed by atoms with Gasteiger partial charge < -0.3 is 19.3 Å². The molecule has 2 rings (SSSR count). The number of hydrogen-bond donors (Lipinski definition) is 0. The van der Waals surface area contributed by atoms with Crippen molar-refractivity contribution < 1.29 is 19.1 Å². The molecular weight excluding hydrogens is 296 g/mol. The van der Waals surface area contributed by atoms with Gasteiger partial charge in [-0.15, -0.1) is 0 Å². The van der Waals surface area contributed by atoms with Crippen LogP contribution in [-0.2, 0) is 14.3 Å². The summed E-state index contributed by atoms with van der Waals surface area (Å²) in [6.45, 7) is 6.24. The molecule has 1 aliphatic heterocycles. The minimum Gasteiger partial charge on any atom is -0.484 e. The zero-order valence-electron chi connectivity index (χ0n) is 14.0. The van der Waals surface area contributed by atoms with Gasteiger partial charge in [0.1, 0.15) is 12.4 Å². The van der Waals surface area contributed by atoms with Crippen molar-refractivity contribution in [3.05, 3.63) is 29.3 Å². The Kier molecular flexibility index (Phi) is 5.98. The van der Waals surface area contributed by atoms with Crippen molar-refractivity contribution in [1.29, 1.82) is 0 Å². The van der Waals surface area contributed by atoms with Crippen LogP contribution in [0.4, 0.5) is 0 Å². The number of methoxy groups -OCH3 is 1. The second-order valence-corrected chi connectivity index (χ2v) is 5.75.